The summed E-state index contributed by atoms with van der Waals surface area (Å²) in [7, 11) is 0. The first kappa shape index (κ1) is 5.96. The average Bonchev–Trinajstić information content (AvgIpc) is 2.04. The van der Waals surface area contributed by atoms with Gasteiger partial charge in [-0.1, -0.05) is 0 Å². The van der Waals surface area contributed by atoms with E-state index in [1.165, 1.54) is 12.5 Å². The van der Waals surface area contributed by atoms with E-state index < -0.39 is 0 Å². The summed E-state index contributed by atoms with van der Waals surface area (Å²) in [5.74, 6) is 1.41. The van der Waals surface area contributed by atoms with Crippen molar-refractivity contribution in [2.75, 3.05) is 11.1 Å². The zero-order valence-corrected chi connectivity index (χ0v) is 5.61. The lowest BCUT2D eigenvalue weighted by molar-refractivity contribution is 0.472. The first-order chi connectivity index (χ1) is 5.36. The maximum atomic E-state index is 5.34. The summed E-state index contributed by atoms with van der Waals surface area (Å²) in [4.78, 5) is 7.65. The molecule has 56 valence electrons. The smallest absolute Gasteiger partial charge is 0.222 e. The Kier molecular flexibility index (Phi) is 1.15. The number of anilines is 2. The average molecular weight is 150 g/mol. The van der Waals surface area contributed by atoms with Crippen molar-refractivity contribution < 1.29 is 4.74 Å². The number of nitrogens with two attached hydrogens (primary N) is 1. The highest BCUT2D eigenvalue weighted by Crippen LogP contribution is 2.23. The lowest BCUT2D eigenvalue weighted by atomic mass is 10.5. The van der Waals surface area contributed by atoms with Gasteiger partial charge in [0.1, 0.15) is 6.26 Å². The Morgan fingerprint density at radius 3 is 3.36 bits per heavy atom. The molecule has 1 aromatic heterocycles. The van der Waals surface area contributed by atoms with Crippen LogP contribution in [0.15, 0.2) is 18.7 Å². The highest BCUT2D eigenvalue weighted by Gasteiger charge is 2.07. The van der Waals surface area contributed by atoms with Gasteiger partial charge < -0.3 is 15.8 Å². The number of nitrogens with one attached hydrogen (secondary N) is 1. The van der Waals surface area contributed by atoms with Gasteiger partial charge in [0.25, 0.3) is 0 Å². The summed E-state index contributed by atoms with van der Waals surface area (Å²) >= 11 is 0. The van der Waals surface area contributed by atoms with Crippen molar-refractivity contribution >= 4 is 11.8 Å². The summed E-state index contributed by atoms with van der Waals surface area (Å²) in [5.41, 5.74) is 5.34. The first-order valence-electron chi connectivity index (χ1n) is 3.07. The molecule has 0 unspecified atom stereocenters. The van der Waals surface area contributed by atoms with Crippen molar-refractivity contribution in [2.24, 2.45) is 0 Å². The first-order valence-corrected chi connectivity index (χ1v) is 3.07. The van der Waals surface area contributed by atoms with Gasteiger partial charge in [0, 0.05) is 6.20 Å². The van der Waals surface area contributed by atoms with Crippen molar-refractivity contribution in [3.63, 3.8) is 0 Å². The maximum absolute atomic E-state index is 5.34. The molecule has 0 amide bonds. The summed E-state index contributed by atoms with van der Waals surface area (Å²) in [6.45, 7) is 0. The van der Waals surface area contributed by atoms with Crippen LogP contribution >= 0.6 is 0 Å². The fraction of sp³-hybridized carbons (Fsp3) is 0. The molecule has 0 atom stereocenters. The van der Waals surface area contributed by atoms with E-state index in [0.29, 0.717) is 11.6 Å². The molecule has 1 aromatic rings. The van der Waals surface area contributed by atoms with Crippen LogP contribution in [0, 0.1) is 0 Å². The minimum atomic E-state index is 0.232. The molecule has 0 saturated heterocycles. The molecule has 11 heavy (non-hydrogen) atoms. The Bertz CT molecular complexity index is 309. The van der Waals surface area contributed by atoms with Crippen molar-refractivity contribution in [2.45, 2.75) is 0 Å². The van der Waals surface area contributed by atoms with E-state index in [-0.39, 0.29) is 5.95 Å². The van der Waals surface area contributed by atoms with Crippen molar-refractivity contribution in [3.8, 4) is 5.75 Å². The molecule has 0 aliphatic carbocycles. The Hall–Kier alpha value is -1.78. The molecule has 0 radical (unpaired) electrons. The van der Waals surface area contributed by atoms with Gasteiger partial charge in [-0.05, 0) is 0 Å². The number of ether oxygens (including phenoxy) is 1. The van der Waals surface area contributed by atoms with Gasteiger partial charge in [-0.15, -0.1) is 0 Å². The number of nitrogen functional groups attached to an aromatic ring is 1. The van der Waals surface area contributed by atoms with Gasteiger partial charge in [0.05, 0.1) is 6.20 Å². The largest absolute Gasteiger partial charge is 0.458 e. The normalized spacial score (nSPS) is 13.1. The molecule has 2 heterocycles. The van der Waals surface area contributed by atoms with E-state index in [2.05, 4.69) is 15.3 Å². The van der Waals surface area contributed by atoms with E-state index in [0.717, 1.165) is 0 Å². The number of fused-ring (bicyclic) bond motifs is 1. The lowest BCUT2D eigenvalue weighted by Gasteiger charge is -2.10. The van der Waals surface area contributed by atoms with Crippen LogP contribution in [0.5, 0.6) is 5.75 Å². The predicted molar refractivity (Wildman–Crippen MR) is 39.8 cm³/mol. The summed E-state index contributed by atoms with van der Waals surface area (Å²) in [6.07, 6.45) is 4.67. The van der Waals surface area contributed by atoms with Gasteiger partial charge in [0.15, 0.2) is 11.6 Å². The van der Waals surface area contributed by atoms with E-state index in [1.54, 1.807) is 6.20 Å². The third kappa shape index (κ3) is 0.958. The fourth-order valence-corrected chi connectivity index (χ4v) is 0.794. The third-order valence-electron chi connectivity index (χ3n) is 1.26. The van der Waals surface area contributed by atoms with E-state index in [4.69, 9.17) is 10.5 Å². The minimum absolute atomic E-state index is 0.232. The Labute approximate surface area is 62.9 Å². The third-order valence-corrected chi connectivity index (χ3v) is 1.26. The van der Waals surface area contributed by atoms with Crippen molar-refractivity contribution in [1.82, 2.24) is 9.97 Å². The second kappa shape index (κ2) is 2.12. The van der Waals surface area contributed by atoms with Crippen LogP contribution in [0.3, 0.4) is 0 Å². The number of aromatic nitrogens is 2. The molecule has 2 rings (SSSR count). The predicted octanol–water partition coefficient (Wildman–Crippen LogP) is 0.334. The SMILES string of the molecule is Nc1ncc2c(n1)NC=CO2. The van der Waals surface area contributed by atoms with Crippen LogP contribution in [0.1, 0.15) is 0 Å². The lowest BCUT2D eigenvalue weighted by Crippen LogP contribution is -2.04. The zero-order valence-electron chi connectivity index (χ0n) is 5.61. The fourth-order valence-electron chi connectivity index (χ4n) is 0.794. The topological polar surface area (TPSA) is 73.1 Å². The second-order valence-electron chi connectivity index (χ2n) is 2.01. The molecule has 0 fully saturated rings. The molecule has 5 nitrogen and oxygen atoms in total. The molecule has 3 N–H and O–H groups in total. The molecule has 0 saturated carbocycles. The van der Waals surface area contributed by atoms with Gasteiger partial charge in [0.2, 0.25) is 5.95 Å². The van der Waals surface area contributed by atoms with E-state index in [9.17, 15) is 0 Å². The number of hydrogen-bond donors (Lipinski definition) is 2. The quantitative estimate of drug-likeness (QED) is 0.557. The molecule has 0 aromatic carbocycles. The van der Waals surface area contributed by atoms with Crippen molar-refractivity contribution in [1.29, 1.82) is 0 Å². The maximum Gasteiger partial charge on any atom is 0.222 e. The van der Waals surface area contributed by atoms with Crippen LogP contribution in [0.25, 0.3) is 0 Å². The summed E-state index contributed by atoms with van der Waals surface area (Å²) in [6, 6.07) is 0. The highest BCUT2D eigenvalue weighted by atomic mass is 16.5. The standard InChI is InChI=1S/C6H6N4O/c7-6-9-3-4-5(10-6)8-1-2-11-4/h1-3H,(H3,7,8,9,10). The van der Waals surface area contributed by atoms with Crippen LogP contribution in [-0.4, -0.2) is 9.97 Å². The van der Waals surface area contributed by atoms with Gasteiger partial charge in [-0.2, -0.15) is 4.98 Å². The molecule has 0 spiro atoms. The van der Waals surface area contributed by atoms with Gasteiger partial charge >= 0.3 is 0 Å². The molecule has 0 bridgehead atoms. The van der Waals surface area contributed by atoms with Crippen molar-refractivity contribution in [3.05, 3.63) is 18.7 Å². The van der Waals surface area contributed by atoms with Crippen LogP contribution in [0.2, 0.25) is 0 Å². The Morgan fingerprint density at radius 1 is 1.55 bits per heavy atom. The van der Waals surface area contributed by atoms with Crippen LogP contribution in [0.4, 0.5) is 11.8 Å². The van der Waals surface area contributed by atoms with Gasteiger partial charge in [-0.25, -0.2) is 4.98 Å². The number of rotatable bonds is 0. The summed E-state index contributed by atoms with van der Waals surface area (Å²) < 4.78 is 5.05. The molecule has 1 aliphatic heterocycles. The van der Waals surface area contributed by atoms with E-state index in [1.807, 2.05) is 0 Å². The molecular weight excluding hydrogens is 144 g/mol. The summed E-state index contributed by atoms with van der Waals surface area (Å²) in [5, 5.41) is 2.87. The Morgan fingerprint density at radius 2 is 2.45 bits per heavy atom. The minimum Gasteiger partial charge on any atom is -0.458 e. The van der Waals surface area contributed by atoms with Crippen LogP contribution in [-0.2, 0) is 0 Å². The zero-order chi connectivity index (χ0) is 7.68. The van der Waals surface area contributed by atoms with Crippen LogP contribution < -0.4 is 15.8 Å². The monoisotopic (exact) mass is 150 g/mol. The second-order valence-corrected chi connectivity index (χ2v) is 2.01. The van der Waals surface area contributed by atoms with E-state index >= 15 is 0 Å². The number of nitrogens with zero attached hydrogens (tertiary/aromatic N) is 2. The number of hydrogen-bond acceptors (Lipinski definition) is 5. The molecule has 5 heteroatoms. The van der Waals surface area contributed by atoms with Gasteiger partial charge in [-0.3, -0.25) is 0 Å². The Balaban J connectivity index is 2.48. The highest BCUT2D eigenvalue weighted by molar-refractivity contribution is 5.54. The molecular formula is C6H6N4O. The molecule has 1 aliphatic rings.